The molecule has 0 heterocycles. The van der Waals surface area contributed by atoms with E-state index in [0.717, 1.165) is 16.9 Å². The highest BCUT2D eigenvalue weighted by molar-refractivity contribution is 6.35. The highest BCUT2D eigenvalue weighted by Crippen LogP contribution is 2.12. The molecule has 0 saturated heterocycles. The quantitative estimate of drug-likeness (QED) is 0.745. The number of benzene rings is 2. The molecule has 0 saturated carbocycles. The first kappa shape index (κ1) is 18.8. The molecule has 6 heteroatoms. The summed E-state index contributed by atoms with van der Waals surface area (Å²) in [4.78, 5) is 23.6. The summed E-state index contributed by atoms with van der Waals surface area (Å²) in [5.41, 5.74) is 2.03. The maximum absolute atomic E-state index is 11.8. The molecule has 0 fully saturated rings. The minimum absolute atomic E-state index is 0.377. The molecule has 2 aromatic carbocycles. The van der Waals surface area contributed by atoms with E-state index in [1.807, 2.05) is 42.5 Å². The van der Waals surface area contributed by atoms with Gasteiger partial charge in [-0.3, -0.25) is 9.59 Å². The number of nitrogens with one attached hydrogen (secondary N) is 2. The molecule has 0 aliphatic heterocycles. The number of rotatable bonds is 7. The van der Waals surface area contributed by atoms with Crippen molar-refractivity contribution in [3.05, 3.63) is 64.7 Å². The van der Waals surface area contributed by atoms with Crippen LogP contribution >= 0.6 is 11.6 Å². The summed E-state index contributed by atoms with van der Waals surface area (Å²) in [7, 11) is 1.61. The largest absolute Gasteiger partial charge is 0.497 e. The molecule has 2 N–H and O–H groups in total. The van der Waals surface area contributed by atoms with E-state index < -0.39 is 11.8 Å². The minimum Gasteiger partial charge on any atom is -0.497 e. The first-order valence-corrected chi connectivity index (χ1v) is 8.39. The van der Waals surface area contributed by atoms with Gasteiger partial charge in [0.05, 0.1) is 7.11 Å². The Morgan fingerprint density at radius 2 is 1.48 bits per heavy atom. The predicted octanol–water partition coefficient (Wildman–Crippen LogP) is 2.37. The highest BCUT2D eigenvalue weighted by Gasteiger charge is 2.12. The SMILES string of the molecule is COc1cccc(CCNC(=O)C(=O)NCCc2cccc(Cl)c2)c1. The Morgan fingerprint density at radius 1 is 0.920 bits per heavy atom. The molecule has 5 nitrogen and oxygen atoms in total. The van der Waals surface area contributed by atoms with Gasteiger partial charge in [0, 0.05) is 18.1 Å². The molecule has 0 spiro atoms. The van der Waals surface area contributed by atoms with E-state index in [0.29, 0.717) is 31.0 Å². The summed E-state index contributed by atoms with van der Waals surface area (Å²) in [5.74, 6) is -0.496. The van der Waals surface area contributed by atoms with E-state index in [9.17, 15) is 9.59 Å². The van der Waals surface area contributed by atoms with E-state index in [2.05, 4.69) is 10.6 Å². The van der Waals surface area contributed by atoms with E-state index in [1.165, 1.54) is 0 Å². The number of methoxy groups -OCH3 is 1. The van der Waals surface area contributed by atoms with E-state index >= 15 is 0 Å². The van der Waals surface area contributed by atoms with Gasteiger partial charge in [0.15, 0.2) is 0 Å². The number of carbonyl (C=O) groups excluding carboxylic acids is 2. The minimum atomic E-state index is -0.632. The molecule has 132 valence electrons. The van der Waals surface area contributed by atoms with Gasteiger partial charge in [0.2, 0.25) is 0 Å². The third-order valence-corrected chi connectivity index (χ3v) is 3.86. The summed E-state index contributed by atoms with van der Waals surface area (Å²) < 4.78 is 5.15. The lowest BCUT2D eigenvalue weighted by Gasteiger charge is -2.08. The first-order chi connectivity index (χ1) is 12.1. The van der Waals surface area contributed by atoms with Crippen LogP contribution in [0.15, 0.2) is 48.5 Å². The molecular formula is C19H21ClN2O3. The smallest absolute Gasteiger partial charge is 0.309 e. The standard InChI is InChI=1S/C19H21ClN2O3/c1-25-17-7-3-5-15(13-17)9-11-22-19(24)18(23)21-10-8-14-4-2-6-16(20)12-14/h2-7,12-13H,8-11H2,1H3,(H,21,23)(H,22,24). The molecule has 0 atom stereocenters. The molecule has 0 aromatic heterocycles. The van der Waals surface area contributed by atoms with Gasteiger partial charge in [0.1, 0.15) is 5.75 Å². The van der Waals surface area contributed by atoms with Crippen molar-refractivity contribution in [1.82, 2.24) is 10.6 Å². The molecule has 2 amide bonds. The molecule has 0 unspecified atom stereocenters. The van der Waals surface area contributed by atoms with Crippen molar-refractivity contribution in [2.75, 3.05) is 20.2 Å². The summed E-state index contributed by atoms with van der Waals surface area (Å²) in [5, 5.41) is 5.87. The van der Waals surface area contributed by atoms with Crippen molar-refractivity contribution in [2.24, 2.45) is 0 Å². The van der Waals surface area contributed by atoms with Crippen LogP contribution in [-0.2, 0) is 22.4 Å². The lowest BCUT2D eigenvalue weighted by molar-refractivity contribution is -0.139. The topological polar surface area (TPSA) is 67.4 Å². The van der Waals surface area contributed by atoms with E-state index in [4.69, 9.17) is 16.3 Å². The Bertz CT molecular complexity index is 734. The zero-order valence-electron chi connectivity index (χ0n) is 14.0. The number of halogens is 1. The maximum atomic E-state index is 11.8. The zero-order chi connectivity index (χ0) is 18.1. The van der Waals surface area contributed by atoms with Crippen molar-refractivity contribution in [2.45, 2.75) is 12.8 Å². The fourth-order valence-electron chi connectivity index (χ4n) is 2.32. The second-order valence-electron chi connectivity index (χ2n) is 5.49. The van der Waals surface area contributed by atoms with Gasteiger partial charge in [-0.1, -0.05) is 35.9 Å². The fourth-order valence-corrected chi connectivity index (χ4v) is 2.53. The maximum Gasteiger partial charge on any atom is 0.309 e. The van der Waals surface area contributed by atoms with Crippen LogP contribution in [-0.4, -0.2) is 32.0 Å². The Kier molecular flexibility index (Phi) is 7.29. The molecule has 2 aromatic rings. The normalized spacial score (nSPS) is 10.2. The predicted molar refractivity (Wildman–Crippen MR) is 97.9 cm³/mol. The number of amides is 2. The van der Waals surface area contributed by atoms with E-state index in [1.54, 1.807) is 13.2 Å². The average Bonchev–Trinajstić information content (AvgIpc) is 2.61. The van der Waals surface area contributed by atoms with Crippen LogP contribution in [0.3, 0.4) is 0 Å². The van der Waals surface area contributed by atoms with Gasteiger partial charge >= 0.3 is 11.8 Å². The molecular weight excluding hydrogens is 340 g/mol. The molecule has 25 heavy (non-hydrogen) atoms. The molecule has 0 radical (unpaired) electrons. The van der Waals surface area contributed by atoms with Crippen LogP contribution in [0.1, 0.15) is 11.1 Å². The van der Waals surface area contributed by atoms with Crippen LogP contribution in [0.25, 0.3) is 0 Å². The molecule has 0 aliphatic carbocycles. The Hall–Kier alpha value is -2.53. The Balaban J connectivity index is 1.68. The summed E-state index contributed by atoms with van der Waals surface area (Å²) in [6.45, 7) is 0.760. The zero-order valence-corrected chi connectivity index (χ0v) is 14.8. The average molecular weight is 361 g/mol. The summed E-state index contributed by atoms with van der Waals surface area (Å²) >= 11 is 5.90. The number of ether oxygens (including phenoxy) is 1. The van der Waals surface area contributed by atoms with Crippen molar-refractivity contribution in [1.29, 1.82) is 0 Å². The summed E-state index contributed by atoms with van der Waals surface area (Å²) in [6.07, 6.45) is 1.24. The van der Waals surface area contributed by atoms with Crippen LogP contribution < -0.4 is 15.4 Å². The Morgan fingerprint density at radius 3 is 2.04 bits per heavy atom. The van der Waals surface area contributed by atoms with Crippen LogP contribution in [0, 0.1) is 0 Å². The van der Waals surface area contributed by atoms with Crippen LogP contribution in [0.5, 0.6) is 5.75 Å². The van der Waals surface area contributed by atoms with Crippen LogP contribution in [0.4, 0.5) is 0 Å². The van der Waals surface area contributed by atoms with Crippen LogP contribution in [0.2, 0.25) is 5.02 Å². The monoisotopic (exact) mass is 360 g/mol. The van der Waals surface area contributed by atoms with Gasteiger partial charge < -0.3 is 15.4 Å². The fraction of sp³-hybridized carbons (Fsp3) is 0.263. The number of hydrogen-bond acceptors (Lipinski definition) is 3. The van der Waals surface area contributed by atoms with Gasteiger partial charge in [0.25, 0.3) is 0 Å². The van der Waals surface area contributed by atoms with E-state index in [-0.39, 0.29) is 0 Å². The molecule has 2 rings (SSSR count). The van der Waals surface area contributed by atoms with Gasteiger partial charge in [-0.15, -0.1) is 0 Å². The third kappa shape index (κ3) is 6.47. The summed E-state index contributed by atoms with van der Waals surface area (Å²) in [6, 6.07) is 15.0. The van der Waals surface area contributed by atoms with Gasteiger partial charge in [-0.2, -0.15) is 0 Å². The highest BCUT2D eigenvalue weighted by atomic mass is 35.5. The van der Waals surface area contributed by atoms with Crippen molar-refractivity contribution >= 4 is 23.4 Å². The second-order valence-corrected chi connectivity index (χ2v) is 5.93. The molecule has 0 aliphatic rings. The Labute approximate surface area is 152 Å². The lowest BCUT2D eigenvalue weighted by Crippen LogP contribution is -2.41. The van der Waals surface area contributed by atoms with Gasteiger partial charge in [-0.25, -0.2) is 0 Å². The lowest BCUT2D eigenvalue weighted by atomic mass is 10.1. The van der Waals surface area contributed by atoms with Crippen molar-refractivity contribution in [3.8, 4) is 5.75 Å². The third-order valence-electron chi connectivity index (χ3n) is 3.63. The first-order valence-electron chi connectivity index (χ1n) is 8.02. The second kappa shape index (κ2) is 9.69. The van der Waals surface area contributed by atoms with Crippen molar-refractivity contribution in [3.63, 3.8) is 0 Å². The molecule has 0 bridgehead atoms. The van der Waals surface area contributed by atoms with Gasteiger partial charge in [-0.05, 0) is 48.2 Å². The van der Waals surface area contributed by atoms with Crippen molar-refractivity contribution < 1.29 is 14.3 Å². The number of carbonyl (C=O) groups is 2. The number of hydrogen-bond donors (Lipinski definition) is 2.